The first-order valence-corrected chi connectivity index (χ1v) is 14.3. The van der Waals surface area contributed by atoms with Crippen LogP contribution in [0.4, 0.5) is 5.82 Å². The van der Waals surface area contributed by atoms with Crippen LogP contribution in [0.25, 0.3) is 28.0 Å². The number of ketones is 1. The third kappa shape index (κ3) is 4.64. The average Bonchev–Trinajstić information content (AvgIpc) is 3.75. The number of carbonyl (C=O) groups excluding carboxylic acids is 3. The molecule has 2 fully saturated rings. The van der Waals surface area contributed by atoms with E-state index in [1.165, 1.54) is 24.7 Å². The number of rotatable bonds is 6. The monoisotopic (exact) mass is 575 g/mol. The number of benzene rings is 1. The highest BCUT2D eigenvalue weighted by Gasteiger charge is 2.46. The van der Waals surface area contributed by atoms with Gasteiger partial charge in [-0.1, -0.05) is 36.4 Å². The molecule has 6 heterocycles. The van der Waals surface area contributed by atoms with Gasteiger partial charge in [0.25, 0.3) is 5.91 Å². The van der Waals surface area contributed by atoms with Crippen molar-refractivity contribution in [3.8, 4) is 22.4 Å². The molecule has 1 unspecified atom stereocenters. The lowest BCUT2D eigenvalue weighted by Gasteiger charge is -2.38. The van der Waals surface area contributed by atoms with Gasteiger partial charge in [0.05, 0.1) is 23.1 Å². The van der Waals surface area contributed by atoms with Crippen LogP contribution in [0, 0.1) is 0 Å². The maximum atomic E-state index is 13.2. The van der Waals surface area contributed by atoms with Crippen LogP contribution in [0.5, 0.6) is 0 Å². The summed E-state index contributed by atoms with van der Waals surface area (Å²) >= 11 is 0. The van der Waals surface area contributed by atoms with E-state index in [2.05, 4.69) is 30.6 Å². The van der Waals surface area contributed by atoms with Gasteiger partial charge in [0.2, 0.25) is 11.7 Å². The Bertz CT molecular complexity index is 1840. The SMILES string of the molecule is CC(=O)Nc1c(C(C)=O)c(C2C[C@H]3CC[C@@H](C2)N3C(=O)c2ncn[nH]2)nc2c(-c3ccc(-c4ccccc4)nc3)cnn12. The quantitative estimate of drug-likeness (QED) is 0.285. The lowest BCUT2D eigenvalue weighted by molar-refractivity contribution is -0.114. The van der Waals surface area contributed by atoms with Crippen LogP contribution in [0.1, 0.15) is 72.1 Å². The van der Waals surface area contributed by atoms with Gasteiger partial charge < -0.3 is 10.2 Å². The normalized spacial score (nSPS) is 19.5. The molecule has 2 saturated heterocycles. The standard InChI is InChI=1S/C31H29N9O3/c1-17(41)26-27(21-12-22-9-10-23(13-21)39(22)31(43)28-33-16-34-38-28)37-29-24(15-35-40(29)30(26)36-18(2)42)20-8-11-25(32-14-20)19-6-4-3-5-7-19/h3-8,11,14-16,21-23H,9-10,12-13H2,1-2H3,(H,36,42)(H,33,34,38)/t21?,22-,23+. The van der Waals surface area contributed by atoms with Crippen molar-refractivity contribution in [2.45, 2.75) is 57.5 Å². The number of aromatic nitrogens is 7. The Kier molecular flexibility index (Phi) is 6.52. The molecule has 216 valence electrons. The van der Waals surface area contributed by atoms with Crippen LogP contribution in [0.3, 0.4) is 0 Å². The number of Topliss-reactive ketones (excluding diaryl/α,β-unsaturated/α-hetero) is 1. The number of amides is 2. The molecule has 2 aliphatic heterocycles. The molecule has 0 spiro atoms. The first-order valence-electron chi connectivity index (χ1n) is 14.3. The summed E-state index contributed by atoms with van der Waals surface area (Å²) in [4.78, 5) is 54.5. The van der Waals surface area contributed by atoms with E-state index >= 15 is 0 Å². The van der Waals surface area contributed by atoms with Crippen molar-refractivity contribution in [1.29, 1.82) is 0 Å². The molecule has 2 bridgehead atoms. The van der Waals surface area contributed by atoms with E-state index in [1.807, 2.05) is 47.4 Å². The minimum absolute atomic E-state index is 0.0255. The summed E-state index contributed by atoms with van der Waals surface area (Å²) in [5.41, 5.74) is 4.87. The van der Waals surface area contributed by atoms with Gasteiger partial charge in [-0.15, -0.1) is 0 Å². The van der Waals surface area contributed by atoms with E-state index in [4.69, 9.17) is 4.98 Å². The summed E-state index contributed by atoms with van der Waals surface area (Å²) in [5.74, 6) is -0.280. The minimum atomic E-state index is -0.320. The summed E-state index contributed by atoms with van der Waals surface area (Å²) in [6, 6.07) is 13.8. The number of nitrogens with one attached hydrogen (secondary N) is 2. The zero-order chi connectivity index (χ0) is 29.7. The number of anilines is 1. The minimum Gasteiger partial charge on any atom is -0.330 e. The number of H-pyrrole nitrogens is 1. The number of aromatic amines is 1. The molecular formula is C31H29N9O3. The predicted octanol–water partition coefficient (Wildman–Crippen LogP) is 4.29. The molecule has 3 atom stereocenters. The molecule has 43 heavy (non-hydrogen) atoms. The molecule has 12 heteroatoms. The first-order chi connectivity index (χ1) is 20.9. The van der Waals surface area contributed by atoms with Crippen LogP contribution in [0.15, 0.2) is 61.2 Å². The highest BCUT2D eigenvalue weighted by molar-refractivity contribution is 6.04. The second-order valence-corrected chi connectivity index (χ2v) is 11.1. The van der Waals surface area contributed by atoms with E-state index in [1.54, 1.807) is 12.4 Å². The summed E-state index contributed by atoms with van der Waals surface area (Å²) < 4.78 is 1.53. The lowest BCUT2D eigenvalue weighted by Crippen LogP contribution is -2.46. The topological polar surface area (TPSA) is 151 Å². The van der Waals surface area contributed by atoms with Gasteiger partial charge in [0.1, 0.15) is 12.1 Å². The fourth-order valence-electron chi connectivity index (χ4n) is 6.63. The number of nitrogens with zero attached hydrogens (tertiary/aromatic N) is 7. The number of carbonyl (C=O) groups is 3. The van der Waals surface area contributed by atoms with E-state index in [0.29, 0.717) is 35.6 Å². The molecule has 4 aromatic heterocycles. The van der Waals surface area contributed by atoms with E-state index in [-0.39, 0.29) is 41.4 Å². The second-order valence-electron chi connectivity index (χ2n) is 11.1. The van der Waals surface area contributed by atoms with Crippen molar-refractivity contribution in [2.75, 3.05) is 5.32 Å². The lowest BCUT2D eigenvalue weighted by atomic mass is 9.85. The van der Waals surface area contributed by atoms with Crippen LogP contribution in [0.2, 0.25) is 0 Å². The van der Waals surface area contributed by atoms with Gasteiger partial charge in [-0.3, -0.25) is 24.5 Å². The molecule has 2 aliphatic rings. The van der Waals surface area contributed by atoms with Gasteiger partial charge in [0, 0.05) is 47.8 Å². The second kappa shape index (κ2) is 10.5. The largest absolute Gasteiger partial charge is 0.330 e. The van der Waals surface area contributed by atoms with Crippen molar-refractivity contribution < 1.29 is 14.4 Å². The molecule has 2 amide bonds. The van der Waals surface area contributed by atoms with Gasteiger partial charge in [-0.2, -0.15) is 14.7 Å². The zero-order valence-corrected chi connectivity index (χ0v) is 23.7. The molecule has 0 radical (unpaired) electrons. The molecular weight excluding hydrogens is 546 g/mol. The Morgan fingerprint density at radius 2 is 1.70 bits per heavy atom. The molecule has 7 rings (SSSR count). The third-order valence-electron chi connectivity index (χ3n) is 8.44. The molecule has 2 N–H and O–H groups in total. The first kappa shape index (κ1) is 26.6. The van der Waals surface area contributed by atoms with Gasteiger partial charge >= 0.3 is 0 Å². The number of hydrogen-bond donors (Lipinski definition) is 2. The highest BCUT2D eigenvalue weighted by atomic mass is 16.2. The van der Waals surface area contributed by atoms with Crippen molar-refractivity contribution in [2.24, 2.45) is 0 Å². The summed E-state index contributed by atoms with van der Waals surface area (Å²) in [5, 5.41) is 13.9. The Labute approximate surface area is 246 Å². The van der Waals surface area contributed by atoms with Crippen molar-refractivity contribution in [3.63, 3.8) is 0 Å². The maximum absolute atomic E-state index is 13.2. The van der Waals surface area contributed by atoms with E-state index in [0.717, 1.165) is 35.2 Å². The highest BCUT2D eigenvalue weighted by Crippen LogP contribution is 2.45. The van der Waals surface area contributed by atoms with E-state index < -0.39 is 0 Å². The number of piperidine rings is 1. The van der Waals surface area contributed by atoms with Crippen LogP contribution in [-0.2, 0) is 4.79 Å². The van der Waals surface area contributed by atoms with Gasteiger partial charge in [-0.05, 0) is 38.7 Å². The summed E-state index contributed by atoms with van der Waals surface area (Å²) in [6.45, 7) is 2.88. The molecule has 0 saturated carbocycles. The molecule has 12 nitrogen and oxygen atoms in total. The van der Waals surface area contributed by atoms with Crippen molar-refractivity contribution in [1.82, 2.24) is 39.7 Å². The van der Waals surface area contributed by atoms with Crippen LogP contribution in [-0.4, -0.2) is 69.3 Å². The Morgan fingerprint density at radius 3 is 2.33 bits per heavy atom. The van der Waals surface area contributed by atoms with Crippen molar-refractivity contribution in [3.05, 3.63) is 78.3 Å². The number of hydrogen-bond acceptors (Lipinski definition) is 8. The Balaban J connectivity index is 1.31. The molecule has 1 aromatic carbocycles. The van der Waals surface area contributed by atoms with Gasteiger partial charge in [0.15, 0.2) is 11.4 Å². The Morgan fingerprint density at radius 1 is 0.930 bits per heavy atom. The fourth-order valence-corrected chi connectivity index (χ4v) is 6.63. The number of fused-ring (bicyclic) bond motifs is 3. The summed E-state index contributed by atoms with van der Waals surface area (Å²) in [6.07, 6.45) is 7.78. The summed E-state index contributed by atoms with van der Waals surface area (Å²) in [7, 11) is 0. The van der Waals surface area contributed by atoms with Gasteiger partial charge in [-0.25, -0.2) is 9.97 Å². The fraction of sp³-hybridized carbons (Fsp3) is 0.290. The smallest absolute Gasteiger partial charge is 0.291 e. The molecule has 0 aliphatic carbocycles. The zero-order valence-electron chi connectivity index (χ0n) is 23.7. The van der Waals surface area contributed by atoms with Crippen LogP contribution >= 0.6 is 0 Å². The van der Waals surface area contributed by atoms with E-state index in [9.17, 15) is 14.4 Å². The maximum Gasteiger partial charge on any atom is 0.291 e. The Hall–Kier alpha value is -5.26. The predicted molar refractivity (Wildman–Crippen MR) is 157 cm³/mol. The molecule has 5 aromatic rings. The number of pyridine rings is 1. The van der Waals surface area contributed by atoms with Crippen molar-refractivity contribution >= 4 is 29.1 Å². The average molecular weight is 576 g/mol. The third-order valence-corrected chi connectivity index (χ3v) is 8.44. The van der Waals surface area contributed by atoms with Crippen LogP contribution < -0.4 is 5.32 Å².